The number of rotatable bonds is 4. The molecule has 1 aromatic carbocycles. The summed E-state index contributed by atoms with van der Waals surface area (Å²) in [4.78, 5) is 2.97. The van der Waals surface area contributed by atoms with Crippen molar-refractivity contribution in [1.82, 2.24) is 9.62 Å². The lowest BCUT2D eigenvalue weighted by Crippen LogP contribution is -2.47. The van der Waals surface area contributed by atoms with Crippen molar-refractivity contribution < 1.29 is 8.42 Å². The Hall–Kier alpha value is -0.910. The first-order chi connectivity index (χ1) is 10.6. The number of benzene rings is 1. The summed E-state index contributed by atoms with van der Waals surface area (Å²) < 4.78 is 28.0. The van der Waals surface area contributed by atoms with Gasteiger partial charge in [-0.1, -0.05) is 31.0 Å². The van der Waals surface area contributed by atoms with Crippen molar-refractivity contribution >= 4 is 10.0 Å². The molecule has 1 saturated heterocycles. The largest absolute Gasteiger partial charge is 0.300 e. The molecule has 1 saturated carbocycles. The van der Waals surface area contributed by atoms with Gasteiger partial charge >= 0.3 is 0 Å². The van der Waals surface area contributed by atoms with Gasteiger partial charge in [0.25, 0.3) is 0 Å². The molecule has 3 rings (SSSR count). The molecule has 1 aromatic rings. The third-order valence-electron chi connectivity index (χ3n) is 5.08. The summed E-state index contributed by atoms with van der Waals surface area (Å²) in [5.74, 6) is 0. The third kappa shape index (κ3) is 3.53. The van der Waals surface area contributed by atoms with Crippen LogP contribution in [0, 0.1) is 6.92 Å². The number of nitrogens with one attached hydrogen (secondary N) is 1. The van der Waals surface area contributed by atoms with Crippen LogP contribution in [0.2, 0.25) is 0 Å². The van der Waals surface area contributed by atoms with Gasteiger partial charge < -0.3 is 4.90 Å². The van der Waals surface area contributed by atoms with E-state index in [9.17, 15) is 8.42 Å². The molecule has 2 aliphatic rings. The normalized spacial score (nSPS) is 22.2. The Kier molecular flexibility index (Phi) is 4.85. The standard InChI is InChI=1S/C17H26N2O2S/c1-14-6-2-5-9-17(14)22(20,21)18-15-10-12-19(13-11-15)16-7-3-4-8-16/h2,5-6,9,15-16,18H,3-4,7-8,10-13H2,1H3. The van der Waals surface area contributed by atoms with Gasteiger partial charge in [0.2, 0.25) is 10.0 Å². The molecular formula is C17H26N2O2S. The Bertz CT molecular complexity index is 601. The predicted molar refractivity (Wildman–Crippen MR) is 88.4 cm³/mol. The highest BCUT2D eigenvalue weighted by Crippen LogP contribution is 2.26. The van der Waals surface area contributed by atoms with Gasteiger partial charge in [0.05, 0.1) is 4.90 Å². The van der Waals surface area contributed by atoms with E-state index in [1.807, 2.05) is 19.1 Å². The van der Waals surface area contributed by atoms with Crippen LogP contribution >= 0.6 is 0 Å². The van der Waals surface area contributed by atoms with Crippen LogP contribution in [0.5, 0.6) is 0 Å². The molecule has 1 heterocycles. The van der Waals surface area contributed by atoms with Crippen molar-refractivity contribution in [1.29, 1.82) is 0 Å². The van der Waals surface area contributed by atoms with Crippen molar-refractivity contribution in [3.8, 4) is 0 Å². The Morgan fingerprint density at radius 3 is 2.32 bits per heavy atom. The first kappa shape index (κ1) is 16.0. The van der Waals surface area contributed by atoms with Gasteiger partial charge in [-0.2, -0.15) is 0 Å². The predicted octanol–water partition coefficient (Wildman–Crippen LogP) is 2.68. The van der Waals surface area contributed by atoms with E-state index in [1.54, 1.807) is 12.1 Å². The molecule has 122 valence electrons. The molecule has 4 nitrogen and oxygen atoms in total. The zero-order valence-corrected chi connectivity index (χ0v) is 14.1. The number of piperidine rings is 1. The number of likely N-dealkylation sites (tertiary alicyclic amines) is 1. The van der Waals surface area contributed by atoms with E-state index in [2.05, 4.69) is 9.62 Å². The van der Waals surface area contributed by atoms with Gasteiger partial charge in [-0.05, 0) is 57.3 Å². The summed E-state index contributed by atoms with van der Waals surface area (Å²) in [5.41, 5.74) is 0.804. The van der Waals surface area contributed by atoms with Crippen LogP contribution in [0.3, 0.4) is 0 Å². The van der Waals surface area contributed by atoms with Gasteiger partial charge in [-0.25, -0.2) is 13.1 Å². The summed E-state index contributed by atoms with van der Waals surface area (Å²) in [6.45, 7) is 3.88. The summed E-state index contributed by atoms with van der Waals surface area (Å²) in [5, 5.41) is 0. The highest BCUT2D eigenvalue weighted by atomic mass is 32.2. The van der Waals surface area contributed by atoms with Crippen LogP contribution in [-0.2, 0) is 10.0 Å². The molecule has 1 aliphatic carbocycles. The molecule has 5 heteroatoms. The molecule has 0 amide bonds. The minimum Gasteiger partial charge on any atom is -0.300 e. The van der Waals surface area contributed by atoms with Crippen LogP contribution in [0.1, 0.15) is 44.1 Å². The molecule has 1 N–H and O–H groups in total. The Morgan fingerprint density at radius 2 is 1.68 bits per heavy atom. The van der Waals surface area contributed by atoms with Crippen LogP contribution in [0.4, 0.5) is 0 Å². The van der Waals surface area contributed by atoms with E-state index in [1.165, 1.54) is 25.7 Å². The lowest BCUT2D eigenvalue weighted by molar-refractivity contribution is 0.151. The Balaban J connectivity index is 1.59. The average molecular weight is 322 g/mol. The van der Waals surface area contributed by atoms with E-state index >= 15 is 0 Å². The Labute approximate surface area is 134 Å². The van der Waals surface area contributed by atoms with E-state index in [4.69, 9.17) is 0 Å². The molecule has 0 radical (unpaired) electrons. The van der Waals surface area contributed by atoms with E-state index < -0.39 is 10.0 Å². The highest BCUT2D eigenvalue weighted by Gasteiger charge is 2.29. The lowest BCUT2D eigenvalue weighted by atomic mass is 10.0. The smallest absolute Gasteiger partial charge is 0.241 e. The van der Waals surface area contributed by atoms with Crippen molar-refractivity contribution in [2.24, 2.45) is 0 Å². The van der Waals surface area contributed by atoms with Crippen LogP contribution in [0.25, 0.3) is 0 Å². The van der Waals surface area contributed by atoms with E-state index in [0.717, 1.165) is 37.5 Å². The number of hydrogen-bond donors (Lipinski definition) is 1. The quantitative estimate of drug-likeness (QED) is 0.927. The number of nitrogens with zero attached hydrogens (tertiary/aromatic N) is 1. The minimum absolute atomic E-state index is 0.0715. The second-order valence-electron chi connectivity index (χ2n) is 6.64. The molecule has 2 fully saturated rings. The first-order valence-corrected chi connectivity index (χ1v) is 9.86. The monoisotopic (exact) mass is 322 g/mol. The fourth-order valence-corrected chi connectivity index (χ4v) is 5.34. The maximum atomic E-state index is 12.5. The molecule has 0 bridgehead atoms. The lowest BCUT2D eigenvalue weighted by Gasteiger charge is -2.36. The van der Waals surface area contributed by atoms with E-state index in [-0.39, 0.29) is 6.04 Å². The Morgan fingerprint density at radius 1 is 1.05 bits per heavy atom. The number of sulfonamides is 1. The molecule has 22 heavy (non-hydrogen) atoms. The fraction of sp³-hybridized carbons (Fsp3) is 0.647. The molecule has 1 aliphatic heterocycles. The van der Waals surface area contributed by atoms with Crippen molar-refractivity contribution in [3.63, 3.8) is 0 Å². The second-order valence-corrected chi connectivity index (χ2v) is 8.32. The summed E-state index contributed by atoms with van der Waals surface area (Å²) in [6.07, 6.45) is 7.18. The second kappa shape index (κ2) is 6.69. The highest BCUT2D eigenvalue weighted by molar-refractivity contribution is 7.89. The molecular weight excluding hydrogens is 296 g/mol. The minimum atomic E-state index is -3.40. The van der Waals surface area contributed by atoms with Gasteiger partial charge in [0.1, 0.15) is 0 Å². The molecule has 0 spiro atoms. The summed E-state index contributed by atoms with van der Waals surface area (Å²) >= 11 is 0. The molecule has 0 unspecified atom stereocenters. The first-order valence-electron chi connectivity index (χ1n) is 8.38. The fourth-order valence-electron chi connectivity index (χ4n) is 3.79. The summed E-state index contributed by atoms with van der Waals surface area (Å²) in [7, 11) is -3.40. The number of hydrogen-bond acceptors (Lipinski definition) is 3. The molecule has 0 atom stereocenters. The van der Waals surface area contributed by atoms with Crippen molar-refractivity contribution in [3.05, 3.63) is 29.8 Å². The zero-order valence-electron chi connectivity index (χ0n) is 13.3. The van der Waals surface area contributed by atoms with Gasteiger partial charge in [0, 0.05) is 12.1 Å². The van der Waals surface area contributed by atoms with Gasteiger partial charge in [-0.15, -0.1) is 0 Å². The maximum Gasteiger partial charge on any atom is 0.241 e. The van der Waals surface area contributed by atoms with Crippen molar-refractivity contribution in [2.45, 2.75) is 62.4 Å². The maximum absolute atomic E-state index is 12.5. The van der Waals surface area contributed by atoms with E-state index in [0.29, 0.717) is 4.90 Å². The van der Waals surface area contributed by atoms with Crippen LogP contribution in [-0.4, -0.2) is 38.5 Å². The number of aryl methyl sites for hydroxylation is 1. The topological polar surface area (TPSA) is 49.4 Å². The van der Waals surface area contributed by atoms with Gasteiger partial charge in [0.15, 0.2) is 0 Å². The van der Waals surface area contributed by atoms with Crippen LogP contribution < -0.4 is 4.72 Å². The molecule has 0 aromatic heterocycles. The third-order valence-corrected chi connectivity index (χ3v) is 6.76. The van der Waals surface area contributed by atoms with Crippen molar-refractivity contribution in [2.75, 3.05) is 13.1 Å². The van der Waals surface area contributed by atoms with Gasteiger partial charge in [-0.3, -0.25) is 0 Å². The SMILES string of the molecule is Cc1ccccc1S(=O)(=O)NC1CCN(C2CCCC2)CC1. The summed E-state index contributed by atoms with van der Waals surface area (Å²) in [6, 6.07) is 8.00. The zero-order chi connectivity index (χ0) is 15.6. The van der Waals surface area contributed by atoms with Crippen LogP contribution in [0.15, 0.2) is 29.2 Å². The average Bonchev–Trinajstić information content (AvgIpc) is 3.02.